The summed E-state index contributed by atoms with van der Waals surface area (Å²) in [5.41, 5.74) is -0.289. The average Bonchev–Trinajstić information content (AvgIpc) is 2.24. The molecule has 0 amide bonds. The van der Waals surface area contributed by atoms with E-state index in [9.17, 15) is 18.5 Å². The van der Waals surface area contributed by atoms with Crippen molar-refractivity contribution >= 4 is 25.4 Å². The third-order valence-corrected chi connectivity index (χ3v) is 3.22. The Hall–Kier alpha value is -1.34. The van der Waals surface area contributed by atoms with Crippen LogP contribution in [-0.4, -0.2) is 19.9 Å². The number of rotatable bonds is 5. The second-order valence-corrected chi connectivity index (χ2v) is 5.74. The average molecular weight is 280 g/mol. The van der Waals surface area contributed by atoms with Gasteiger partial charge in [0.15, 0.2) is 5.75 Å². The second kappa shape index (κ2) is 5.33. The van der Waals surface area contributed by atoms with Gasteiger partial charge in [0.25, 0.3) is 9.05 Å². The van der Waals surface area contributed by atoms with Gasteiger partial charge in [-0.05, 0) is 12.5 Å². The van der Waals surface area contributed by atoms with E-state index in [-0.39, 0.29) is 22.9 Å². The zero-order chi connectivity index (χ0) is 13.1. The van der Waals surface area contributed by atoms with Gasteiger partial charge in [0.2, 0.25) is 0 Å². The van der Waals surface area contributed by atoms with Crippen LogP contribution < -0.4 is 4.74 Å². The molecule has 94 valence electrons. The summed E-state index contributed by atoms with van der Waals surface area (Å²) in [6, 6.07) is 3.18. The van der Waals surface area contributed by atoms with Crippen molar-refractivity contribution in [1.29, 1.82) is 0 Å². The smallest absolute Gasteiger partial charge is 0.311 e. The number of benzene rings is 1. The number of nitro benzene ring substituents is 1. The van der Waals surface area contributed by atoms with Crippen molar-refractivity contribution in [2.45, 2.75) is 18.2 Å². The molecule has 0 unspecified atom stereocenters. The lowest BCUT2D eigenvalue weighted by atomic mass is 10.3. The lowest BCUT2D eigenvalue weighted by molar-refractivity contribution is -0.385. The first kappa shape index (κ1) is 13.7. The third-order valence-electron chi connectivity index (χ3n) is 1.87. The Labute approximate surface area is 103 Å². The number of hydrogen-bond acceptors (Lipinski definition) is 5. The van der Waals surface area contributed by atoms with E-state index in [0.717, 1.165) is 18.2 Å². The predicted octanol–water partition coefficient (Wildman–Crippen LogP) is 2.31. The molecule has 1 rings (SSSR count). The van der Waals surface area contributed by atoms with Crippen LogP contribution in [0.1, 0.15) is 13.3 Å². The number of nitrogens with zero attached hydrogens (tertiary/aromatic N) is 1. The Morgan fingerprint density at radius 3 is 2.59 bits per heavy atom. The van der Waals surface area contributed by atoms with Crippen LogP contribution in [0.5, 0.6) is 5.75 Å². The molecule has 0 aromatic heterocycles. The minimum atomic E-state index is -3.92. The van der Waals surface area contributed by atoms with Gasteiger partial charge in [-0.1, -0.05) is 6.92 Å². The van der Waals surface area contributed by atoms with E-state index in [1.165, 1.54) is 0 Å². The molecule has 0 atom stereocenters. The van der Waals surface area contributed by atoms with Crippen LogP contribution in [-0.2, 0) is 9.05 Å². The zero-order valence-electron chi connectivity index (χ0n) is 8.92. The Bertz CT molecular complexity index is 528. The monoisotopic (exact) mass is 279 g/mol. The van der Waals surface area contributed by atoms with Crippen LogP contribution in [0.2, 0.25) is 0 Å². The SMILES string of the molecule is CCCOc1cc(S(=O)(=O)Cl)ccc1[N+](=O)[O-]. The molecular formula is C9H10ClNO5S. The topological polar surface area (TPSA) is 86.5 Å². The van der Waals surface area contributed by atoms with Gasteiger partial charge in [0, 0.05) is 22.8 Å². The van der Waals surface area contributed by atoms with Crippen LogP contribution in [0, 0.1) is 10.1 Å². The van der Waals surface area contributed by atoms with E-state index in [2.05, 4.69) is 0 Å². The molecule has 0 aliphatic heterocycles. The van der Waals surface area contributed by atoms with Gasteiger partial charge in [-0.3, -0.25) is 10.1 Å². The molecular weight excluding hydrogens is 270 g/mol. The minimum absolute atomic E-state index is 0.0985. The fraction of sp³-hybridized carbons (Fsp3) is 0.333. The van der Waals surface area contributed by atoms with Crippen molar-refractivity contribution < 1.29 is 18.1 Å². The Kier molecular flexibility index (Phi) is 4.30. The normalized spacial score (nSPS) is 11.2. The molecule has 6 nitrogen and oxygen atoms in total. The Balaban J connectivity index is 3.24. The quantitative estimate of drug-likeness (QED) is 0.469. The van der Waals surface area contributed by atoms with Crippen molar-refractivity contribution in [2.75, 3.05) is 6.61 Å². The van der Waals surface area contributed by atoms with Gasteiger partial charge >= 0.3 is 5.69 Å². The first-order valence-electron chi connectivity index (χ1n) is 4.72. The summed E-state index contributed by atoms with van der Waals surface area (Å²) in [5, 5.41) is 10.7. The van der Waals surface area contributed by atoms with Crippen LogP contribution in [0.4, 0.5) is 5.69 Å². The van der Waals surface area contributed by atoms with E-state index >= 15 is 0 Å². The summed E-state index contributed by atoms with van der Waals surface area (Å²) in [7, 11) is 1.22. The molecule has 0 saturated heterocycles. The predicted molar refractivity (Wildman–Crippen MR) is 61.9 cm³/mol. The van der Waals surface area contributed by atoms with Crippen LogP contribution in [0.15, 0.2) is 23.1 Å². The number of hydrogen-bond donors (Lipinski definition) is 0. The molecule has 0 heterocycles. The molecule has 17 heavy (non-hydrogen) atoms. The summed E-state index contributed by atoms with van der Waals surface area (Å²) >= 11 is 0. The second-order valence-electron chi connectivity index (χ2n) is 3.17. The largest absolute Gasteiger partial charge is 0.487 e. The van der Waals surface area contributed by atoms with Gasteiger partial charge in [0.1, 0.15) is 0 Å². The van der Waals surface area contributed by atoms with E-state index in [1.807, 2.05) is 6.92 Å². The van der Waals surface area contributed by atoms with Crippen LogP contribution in [0.3, 0.4) is 0 Å². The summed E-state index contributed by atoms with van der Waals surface area (Å²) in [6.07, 6.45) is 0.648. The summed E-state index contributed by atoms with van der Waals surface area (Å²) < 4.78 is 27.3. The molecule has 0 N–H and O–H groups in total. The van der Waals surface area contributed by atoms with Crippen molar-refractivity contribution in [3.8, 4) is 5.75 Å². The zero-order valence-corrected chi connectivity index (χ0v) is 10.5. The lowest BCUT2D eigenvalue weighted by Gasteiger charge is -2.06. The molecule has 0 spiro atoms. The van der Waals surface area contributed by atoms with E-state index < -0.39 is 14.0 Å². The van der Waals surface area contributed by atoms with Crippen molar-refractivity contribution in [1.82, 2.24) is 0 Å². The molecule has 0 aliphatic carbocycles. The first-order valence-corrected chi connectivity index (χ1v) is 7.03. The van der Waals surface area contributed by atoms with E-state index in [0.29, 0.717) is 6.42 Å². The van der Waals surface area contributed by atoms with E-state index in [4.69, 9.17) is 15.4 Å². The lowest BCUT2D eigenvalue weighted by Crippen LogP contribution is -2.01. The van der Waals surface area contributed by atoms with Crippen LogP contribution >= 0.6 is 10.7 Å². The molecule has 0 bridgehead atoms. The molecule has 1 aromatic carbocycles. The Morgan fingerprint density at radius 2 is 2.12 bits per heavy atom. The molecule has 8 heteroatoms. The fourth-order valence-electron chi connectivity index (χ4n) is 1.12. The standard InChI is InChI=1S/C9H10ClNO5S/c1-2-5-16-9-6-7(17(10,14)15)3-4-8(9)11(12)13/h3-4,6H,2,5H2,1H3. The summed E-state index contributed by atoms with van der Waals surface area (Å²) in [6.45, 7) is 2.08. The summed E-state index contributed by atoms with van der Waals surface area (Å²) in [4.78, 5) is 9.82. The minimum Gasteiger partial charge on any atom is -0.487 e. The maximum absolute atomic E-state index is 11.1. The molecule has 0 aliphatic rings. The molecule has 0 saturated carbocycles. The maximum Gasteiger partial charge on any atom is 0.311 e. The highest BCUT2D eigenvalue weighted by Crippen LogP contribution is 2.30. The van der Waals surface area contributed by atoms with E-state index in [1.54, 1.807) is 0 Å². The fourth-order valence-corrected chi connectivity index (χ4v) is 1.89. The number of halogens is 1. The number of ether oxygens (including phenoxy) is 1. The highest BCUT2D eigenvalue weighted by Gasteiger charge is 2.19. The van der Waals surface area contributed by atoms with Crippen molar-refractivity contribution in [3.05, 3.63) is 28.3 Å². The van der Waals surface area contributed by atoms with Gasteiger partial charge in [-0.2, -0.15) is 0 Å². The van der Waals surface area contributed by atoms with Crippen LogP contribution in [0.25, 0.3) is 0 Å². The Morgan fingerprint density at radius 1 is 1.47 bits per heavy atom. The van der Waals surface area contributed by atoms with Gasteiger partial charge in [0.05, 0.1) is 16.4 Å². The van der Waals surface area contributed by atoms with Gasteiger partial charge < -0.3 is 4.74 Å². The van der Waals surface area contributed by atoms with Crippen molar-refractivity contribution in [2.24, 2.45) is 0 Å². The highest BCUT2D eigenvalue weighted by atomic mass is 35.7. The maximum atomic E-state index is 11.1. The molecule has 0 fully saturated rings. The van der Waals surface area contributed by atoms with Crippen molar-refractivity contribution in [3.63, 3.8) is 0 Å². The van der Waals surface area contributed by atoms with Gasteiger partial charge in [-0.25, -0.2) is 8.42 Å². The molecule has 1 aromatic rings. The first-order chi connectivity index (χ1) is 7.86. The highest BCUT2D eigenvalue weighted by molar-refractivity contribution is 8.13. The van der Waals surface area contributed by atoms with Gasteiger partial charge in [-0.15, -0.1) is 0 Å². The summed E-state index contributed by atoms with van der Waals surface area (Å²) in [5.74, 6) is -0.0985. The molecule has 0 radical (unpaired) electrons. The third kappa shape index (κ3) is 3.57. The number of nitro groups is 1.